The van der Waals surface area contributed by atoms with E-state index < -0.39 is 0 Å². The minimum atomic E-state index is -0.207. The molecule has 4 nitrogen and oxygen atoms in total. The molecule has 1 fully saturated rings. The van der Waals surface area contributed by atoms with Gasteiger partial charge >= 0.3 is 0 Å². The van der Waals surface area contributed by atoms with Crippen molar-refractivity contribution in [2.24, 2.45) is 0 Å². The van der Waals surface area contributed by atoms with Crippen LogP contribution >= 0.6 is 0 Å². The normalized spacial score (nSPS) is 15.5. The van der Waals surface area contributed by atoms with Gasteiger partial charge in [-0.1, -0.05) is 30.3 Å². The predicted molar refractivity (Wildman–Crippen MR) is 123 cm³/mol. The average Bonchev–Trinajstić information content (AvgIpc) is 3.22. The molecule has 4 aromatic rings. The van der Waals surface area contributed by atoms with Crippen LogP contribution < -0.4 is 5.32 Å². The number of benzene rings is 3. The number of rotatable bonds is 5. The molecule has 1 amide bonds. The molecule has 0 atom stereocenters. The maximum atomic E-state index is 13.4. The number of aromatic nitrogens is 1. The van der Waals surface area contributed by atoms with Gasteiger partial charge in [-0.25, -0.2) is 4.39 Å². The fourth-order valence-corrected chi connectivity index (χ4v) is 4.69. The SMILES string of the molecule is O=C(NCCN1CCC(c2c[nH]c3cc(F)ccc23)CC1)c1ccc2ccccc2c1. The fraction of sp³-hybridized carbons (Fsp3) is 0.269. The molecule has 2 N–H and O–H groups in total. The molecule has 0 aliphatic carbocycles. The first-order valence-electron chi connectivity index (χ1n) is 10.9. The van der Waals surface area contributed by atoms with E-state index >= 15 is 0 Å². The molecule has 1 saturated heterocycles. The molecular weight excluding hydrogens is 389 g/mol. The van der Waals surface area contributed by atoms with Crippen LogP contribution in [0.1, 0.15) is 34.7 Å². The number of H-pyrrole nitrogens is 1. The molecule has 31 heavy (non-hydrogen) atoms. The van der Waals surface area contributed by atoms with Gasteiger partial charge in [0.05, 0.1) is 0 Å². The third kappa shape index (κ3) is 4.19. The second kappa shape index (κ2) is 8.52. The quantitative estimate of drug-likeness (QED) is 0.478. The van der Waals surface area contributed by atoms with E-state index in [9.17, 15) is 9.18 Å². The molecule has 0 radical (unpaired) electrons. The van der Waals surface area contributed by atoms with Gasteiger partial charge in [0.1, 0.15) is 5.82 Å². The number of carbonyl (C=O) groups is 1. The molecule has 1 aromatic heterocycles. The van der Waals surface area contributed by atoms with E-state index in [0.717, 1.165) is 54.2 Å². The van der Waals surface area contributed by atoms with Crippen molar-refractivity contribution in [1.82, 2.24) is 15.2 Å². The van der Waals surface area contributed by atoms with Gasteiger partial charge in [-0.05, 0) is 78.5 Å². The van der Waals surface area contributed by atoms with Crippen molar-refractivity contribution in [3.05, 3.63) is 83.8 Å². The summed E-state index contributed by atoms with van der Waals surface area (Å²) in [4.78, 5) is 18.1. The highest BCUT2D eigenvalue weighted by molar-refractivity contribution is 5.98. The van der Waals surface area contributed by atoms with Gasteiger partial charge in [-0.15, -0.1) is 0 Å². The lowest BCUT2D eigenvalue weighted by Gasteiger charge is -2.32. The van der Waals surface area contributed by atoms with Crippen LogP contribution in [-0.4, -0.2) is 42.0 Å². The number of carbonyl (C=O) groups excluding carboxylic acids is 1. The Morgan fingerprint density at radius 2 is 1.84 bits per heavy atom. The fourth-order valence-electron chi connectivity index (χ4n) is 4.69. The first kappa shape index (κ1) is 19.8. The maximum Gasteiger partial charge on any atom is 0.251 e. The van der Waals surface area contributed by atoms with Crippen molar-refractivity contribution in [3.63, 3.8) is 0 Å². The zero-order valence-electron chi connectivity index (χ0n) is 17.4. The predicted octanol–water partition coefficient (Wildman–Crippen LogP) is 5.07. The molecule has 0 bridgehead atoms. The summed E-state index contributed by atoms with van der Waals surface area (Å²) in [5, 5.41) is 6.41. The van der Waals surface area contributed by atoms with Crippen LogP contribution in [0.2, 0.25) is 0 Å². The molecular formula is C26H26FN3O. The summed E-state index contributed by atoms with van der Waals surface area (Å²) in [5.74, 6) is 0.260. The van der Waals surface area contributed by atoms with Crippen molar-refractivity contribution in [2.75, 3.05) is 26.2 Å². The van der Waals surface area contributed by atoms with Gasteiger partial charge < -0.3 is 15.2 Å². The van der Waals surface area contributed by atoms with E-state index in [-0.39, 0.29) is 11.7 Å². The van der Waals surface area contributed by atoms with E-state index in [0.29, 0.717) is 18.0 Å². The topological polar surface area (TPSA) is 48.1 Å². The van der Waals surface area contributed by atoms with Crippen LogP contribution in [0.3, 0.4) is 0 Å². The van der Waals surface area contributed by atoms with E-state index in [1.807, 2.05) is 48.7 Å². The van der Waals surface area contributed by atoms with E-state index in [4.69, 9.17) is 0 Å². The number of hydrogen-bond donors (Lipinski definition) is 2. The number of amides is 1. The van der Waals surface area contributed by atoms with Crippen molar-refractivity contribution >= 4 is 27.6 Å². The van der Waals surface area contributed by atoms with Gasteiger partial charge in [0.15, 0.2) is 0 Å². The minimum Gasteiger partial charge on any atom is -0.361 e. The number of piperidine rings is 1. The number of aromatic amines is 1. The molecule has 5 rings (SSSR count). The highest BCUT2D eigenvalue weighted by atomic mass is 19.1. The lowest BCUT2D eigenvalue weighted by atomic mass is 9.89. The molecule has 2 heterocycles. The van der Waals surface area contributed by atoms with E-state index in [1.54, 1.807) is 6.07 Å². The number of halogens is 1. The highest BCUT2D eigenvalue weighted by Crippen LogP contribution is 2.33. The third-order valence-electron chi connectivity index (χ3n) is 6.43. The first-order chi connectivity index (χ1) is 15.2. The number of fused-ring (bicyclic) bond motifs is 2. The molecule has 5 heteroatoms. The van der Waals surface area contributed by atoms with Crippen molar-refractivity contribution in [3.8, 4) is 0 Å². The molecule has 3 aromatic carbocycles. The molecule has 0 saturated carbocycles. The van der Waals surface area contributed by atoms with Crippen LogP contribution in [0.25, 0.3) is 21.7 Å². The summed E-state index contributed by atoms with van der Waals surface area (Å²) < 4.78 is 13.4. The van der Waals surface area contributed by atoms with Gasteiger partial charge in [0.2, 0.25) is 0 Å². The molecule has 0 unspecified atom stereocenters. The number of nitrogens with zero attached hydrogens (tertiary/aromatic N) is 1. The first-order valence-corrected chi connectivity index (χ1v) is 10.9. The van der Waals surface area contributed by atoms with Crippen molar-refractivity contribution in [1.29, 1.82) is 0 Å². The highest BCUT2D eigenvalue weighted by Gasteiger charge is 2.22. The van der Waals surface area contributed by atoms with Crippen molar-refractivity contribution in [2.45, 2.75) is 18.8 Å². The summed E-state index contributed by atoms with van der Waals surface area (Å²) in [6.45, 7) is 3.50. The number of nitrogens with one attached hydrogen (secondary N) is 2. The standard InChI is InChI=1S/C26H26FN3O/c27-22-7-8-23-24(17-29-25(23)16-22)19-9-12-30(13-10-19)14-11-28-26(31)21-6-5-18-3-1-2-4-20(18)15-21/h1-8,15-17,19,29H,9-14H2,(H,28,31). The summed E-state index contributed by atoms with van der Waals surface area (Å²) in [6.07, 6.45) is 4.18. The molecule has 1 aliphatic heterocycles. The largest absolute Gasteiger partial charge is 0.361 e. The zero-order valence-corrected chi connectivity index (χ0v) is 17.4. The Morgan fingerprint density at radius 1 is 1.03 bits per heavy atom. The van der Waals surface area contributed by atoms with Gasteiger partial charge in [0, 0.05) is 35.8 Å². The van der Waals surface area contributed by atoms with Gasteiger partial charge in [0.25, 0.3) is 5.91 Å². The molecule has 158 valence electrons. The third-order valence-corrected chi connectivity index (χ3v) is 6.43. The Balaban J connectivity index is 1.12. The Bertz CT molecular complexity index is 1220. The Labute approximate surface area is 181 Å². The van der Waals surface area contributed by atoms with Crippen LogP contribution in [-0.2, 0) is 0 Å². The Morgan fingerprint density at radius 3 is 2.68 bits per heavy atom. The second-order valence-electron chi connectivity index (χ2n) is 8.37. The van der Waals surface area contributed by atoms with E-state index in [2.05, 4.69) is 21.3 Å². The summed E-state index contributed by atoms with van der Waals surface area (Å²) in [5.41, 5.74) is 2.86. The van der Waals surface area contributed by atoms with Gasteiger partial charge in [-0.2, -0.15) is 0 Å². The lowest BCUT2D eigenvalue weighted by Crippen LogP contribution is -2.39. The lowest BCUT2D eigenvalue weighted by molar-refractivity contribution is 0.0946. The average molecular weight is 416 g/mol. The number of likely N-dealkylation sites (tertiary alicyclic amines) is 1. The summed E-state index contributed by atoms with van der Waals surface area (Å²) >= 11 is 0. The van der Waals surface area contributed by atoms with Crippen molar-refractivity contribution < 1.29 is 9.18 Å². The van der Waals surface area contributed by atoms with Crippen LogP contribution in [0.5, 0.6) is 0 Å². The van der Waals surface area contributed by atoms with Crippen LogP contribution in [0.15, 0.2) is 66.9 Å². The monoisotopic (exact) mass is 415 g/mol. The maximum absolute atomic E-state index is 13.4. The Kier molecular flexibility index (Phi) is 5.43. The summed E-state index contributed by atoms with van der Waals surface area (Å²) in [6, 6.07) is 18.9. The minimum absolute atomic E-state index is 0.0216. The van der Waals surface area contributed by atoms with Gasteiger partial charge in [-0.3, -0.25) is 4.79 Å². The Hall–Kier alpha value is -3.18. The van der Waals surface area contributed by atoms with Crippen LogP contribution in [0, 0.1) is 5.82 Å². The summed E-state index contributed by atoms with van der Waals surface area (Å²) in [7, 11) is 0. The second-order valence-corrected chi connectivity index (χ2v) is 8.37. The number of hydrogen-bond acceptors (Lipinski definition) is 2. The zero-order chi connectivity index (χ0) is 21.2. The smallest absolute Gasteiger partial charge is 0.251 e. The van der Waals surface area contributed by atoms with E-state index in [1.165, 1.54) is 11.6 Å². The molecule has 0 spiro atoms. The van der Waals surface area contributed by atoms with Crippen LogP contribution in [0.4, 0.5) is 4.39 Å². The molecule has 1 aliphatic rings.